The maximum Gasteiger partial charge on any atom is 0.164 e. The van der Waals surface area contributed by atoms with Crippen LogP contribution in [0, 0.1) is 5.82 Å². The van der Waals surface area contributed by atoms with E-state index in [0.717, 1.165) is 4.47 Å². The molecule has 0 heterocycles. The van der Waals surface area contributed by atoms with Gasteiger partial charge in [-0.25, -0.2) is 4.39 Å². The summed E-state index contributed by atoms with van der Waals surface area (Å²) in [5, 5.41) is 0. The number of carbonyl (C=O) groups excluding carboxylic acids is 1. The van der Waals surface area contributed by atoms with Gasteiger partial charge >= 0.3 is 0 Å². The monoisotopic (exact) mass is 349 g/mol. The molecule has 0 radical (unpaired) electrons. The number of carbonyl (C=O) groups is 1. The van der Waals surface area contributed by atoms with Crippen molar-refractivity contribution >= 4 is 27.4 Å². The molecule has 0 aliphatic heterocycles. The molecule has 0 N–H and O–H groups in total. The average molecular weight is 350 g/mol. The number of nitrogens with zero attached hydrogens (tertiary/aromatic N) is 1. The quantitative estimate of drug-likeness (QED) is 0.705. The van der Waals surface area contributed by atoms with Crippen LogP contribution < -0.4 is 4.90 Å². The van der Waals surface area contributed by atoms with E-state index in [-0.39, 0.29) is 11.6 Å². The van der Waals surface area contributed by atoms with Crippen molar-refractivity contribution in [1.29, 1.82) is 0 Å². The van der Waals surface area contributed by atoms with E-state index in [9.17, 15) is 9.18 Å². The van der Waals surface area contributed by atoms with E-state index in [4.69, 9.17) is 0 Å². The van der Waals surface area contributed by atoms with Gasteiger partial charge in [-0.3, -0.25) is 4.79 Å². The third-order valence-corrected chi connectivity index (χ3v) is 3.82. The first-order valence-corrected chi connectivity index (χ1v) is 7.69. The largest absolute Gasteiger partial charge is 0.369 e. The van der Waals surface area contributed by atoms with Crippen LogP contribution in [0.1, 0.15) is 23.7 Å². The third-order valence-electron chi connectivity index (χ3n) is 3.33. The van der Waals surface area contributed by atoms with Gasteiger partial charge in [0.1, 0.15) is 5.82 Å². The molecule has 0 saturated carbocycles. The van der Waals surface area contributed by atoms with Crippen LogP contribution in [0.2, 0.25) is 0 Å². The van der Waals surface area contributed by atoms with E-state index in [0.29, 0.717) is 30.8 Å². The molecule has 0 spiro atoms. The van der Waals surface area contributed by atoms with Gasteiger partial charge in [0.15, 0.2) is 5.78 Å². The molecule has 110 valence electrons. The number of hydrogen-bond acceptors (Lipinski definition) is 2. The van der Waals surface area contributed by atoms with Crippen LogP contribution >= 0.6 is 15.9 Å². The molecule has 0 aromatic heterocycles. The second kappa shape index (κ2) is 7.36. The highest BCUT2D eigenvalue weighted by molar-refractivity contribution is 9.10. The predicted octanol–water partition coefficient (Wildman–Crippen LogP) is 4.69. The van der Waals surface area contributed by atoms with Gasteiger partial charge < -0.3 is 4.90 Å². The summed E-state index contributed by atoms with van der Waals surface area (Å²) in [6.07, 6.45) is 0.360. The van der Waals surface area contributed by atoms with Crippen molar-refractivity contribution in [3.63, 3.8) is 0 Å². The van der Waals surface area contributed by atoms with Gasteiger partial charge in [-0.2, -0.15) is 0 Å². The fraction of sp³-hybridized carbons (Fsp3) is 0.235. The lowest BCUT2D eigenvalue weighted by molar-refractivity contribution is 0.0984. The lowest BCUT2D eigenvalue weighted by Crippen LogP contribution is -2.26. The van der Waals surface area contributed by atoms with E-state index in [1.807, 2.05) is 30.0 Å². The lowest BCUT2D eigenvalue weighted by Gasteiger charge is -2.23. The standard InChI is InChI=1S/C17H17BrFNO/c1-2-20(16-9-4-3-8-15(16)19)11-10-17(21)13-6-5-7-14(18)12-13/h3-9,12H,2,10-11H2,1H3. The Kier molecular flexibility index (Phi) is 5.51. The molecule has 0 fully saturated rings. The first-order valence-electron chi connectivity index (χ1n) is 6.90. The Balaban J connectivity index is 2.04. The molecule has 2 rings (SSSR count). The van der Waals surface area contributed by atoms with Crippen molar-refractivity contribution in [2.24, 2.45) is 0 Å². The number of Topliss-reactive ketones (excluding diaryl/α,β-unsaturated/α-hetero) is 1. The number of anilines is 1. The maximum atomic E-state index is 13.8. The summed E-state index contributed by atoms with van der Waals surface area (Å²) in [5.74, 6) is -0.194. The highest BCUT2D eigenvalue weighted by atomic mass is 79.9. The zero-order valence-corrected chi connectivity index (χ0v) is 13.4. The second-order valence-electron chi connectivity index (χ2n) is 4.71. The van der Waals surface area contributed by atoms with Gasteiger partial charge in [-0.05, 0) is 31.2 Å². The van der Waals surface area contributed by atoms with Crippen LogP contribution in [0.25, 0.3) is 0 Å². The van der Waals surface area contributed by atoms with Crippen LogP contribution in [-0.4, -0.2) is 18.9 Å². The van der Waals surface area contributed by atoms with Crippen molar-refractivity contribution < 1.29 is 9.18 Å². The summed E-state index contributed by atoms with van der Waals surface area (Å²) in [7, 11) is 0. The van der Waals surface area contributed by atoms with E-state index >= 15 is 0 Å². The van der Waals surface area contributed by atoms with Crippen LogP contribution in [0.3, 0.4) is 0 Å². The Morgan fingerprint density at radius 2 is 1.95 bits per heavy atom. The van der Waals surface area contributed by atoms with Gasteiger partial charge in [0.05, 0.1) is 5.69 Å². The number of ketones is 1. The summed E-state index contributed by atoms with van der Waals surface area (Å²) >= 11 is 3.36. The minimum atomic E-state index is -0.255. The first-order chi connectivity index (χ1) is 10.1. The summed E-state index contributed by atoms with van der Waals surface area (Å²) in [4.78, 5) is 14.1. The van der Waals surface area contributed by atoms with Crippen LogP contribution in [0.5, 0.6) is 0 Å². The number of halogens is 2. The Bertz CT molecular complexity index is 630. The Morgan fingerprint density at radius 3 is 2.62 bits per heavy atom. The summed E-state index contributed by atoms with van der Waals surface area (Å²) in [6, 6.07) is 14.0. The topological polar surface area (TPSA) is 20.3 Å². The zero-order valence-electron chi connectivity index (χ0n) is 11.9. The normalized spacial score (nSPS) is 10.4. The first kappa shape index (κ1) is 15.7. The highest BCUT2D eigenvalue weighted by Gasteiger charge is 2.12. The molecule has 2 aromatic carbocycles. The molecule has 0 aliphatic rings. The summed E-state index contributed by atoms with van der Waals surface area (Å²) < 4.78 is 14.7. The molecule has 0 aliphatic carbocycles. The van der Waals surface area contributed by atoms with Gasteiger partial charge in [0.25, 0.3) is 0 Å². The molecule has 21 heavy (non-hydrogen) atoms. The van der Waals surface area contributed by atoms with Crippen molar-refractivity contribution in [3.05, 3.63) is 64.4 Å². The Labute approximate surface area is 132 Å². The number of hydrogen-bond donors (Lipinski definition) is 0. The lowest BCUT2D eigenvalue weighted by atomic mass is 10.1. The van der Waals surface area contributed by atoms with Crippen LogP contribution in [0.15, 0.2) is 53.0 Å². The van der Waals surface area contributed by atoms with Gasteiger partial charge in [0, 0.05) is 29.5 Å². The van der Waals surface area contributed by atoms with E-state index in [1.165, 1.54) is 6.07 Å². The molecule has 0 atom stereocenters. The molecule has 0 unspecified atom stereocenters. The fourth-order valence-corrected chi connectivity index (χ4v) is 2.60. The smallest absolute Gasteiger partial charge is 0.164 e. The number of benzene rings is 2. The molecule has 4 heteroatoms. The van der Waals surface area contributed by atoms with Crippen LogP contribution in [0.4, 0.5) is 10.1 Å². The molecule has 0 bridgehead atoms. The Morgan fingerprint density at radius 1 is 1.19 bits per heavy atom. The van der Waals surface area contributed by atoms with E-state index < -0.39 is 0 Å². The molecular formula is C17H17BrFNO. The number of rotatable bonds is 6. The summed E-state index contributed by atoms with van der Waals surface area (Å²) in [5.41, 5.74) is 1.22. The molecule has 0 amide bonds. The van der Waals surface area contributed by atoms with Crippen molar-refractivity contribution in [2.75, 3.05) is 18.0 Å². The zero-order chi connectivity index (χ0) is 15.2. The predicted molar refractivity (Wildman–Crippen MR) is 87.4 cm³/mol. The summed E-state index contributed by atoms with van der Waals surface area (Å²) in [6.45, 7) is 3.12. The van der Waals surface area contributed by atoms with E-state index in [2.05, 4.69) is 15.9 Å². The minimum Gasteiger partial charge on any atom is -0.369 e. The van der Waals surface area contributed by atoms with Crippen molar-refractivity contribution in [3.8, 4) is 0 Å². The number of para-hydroxylation sites is 1. The average Bonchev–Trinajstić information content (AvgIpc) is 2.49. The van der Waals surface area contributed by atoms with Gasteiger partial charge in [-0.1, -0.05) is 40.2 Å². The van der Waals surface area contributed by atoms with Gasteiger partial charge in [-0.15, -0.1) is 0 Å². The van der Waals surface area contributed by atoms with Gasteiger partial charge in [0.2, 0.25) is 0 Å². The SMILES string of the molecule is CCN(CCC(=O)c1cccc(Br)c1)c1ccccc1F. The minimum absolute atomic E-state index is 0.0612. The maximum absolute atomic E-state index is 13.8. The second-order valence-corrected chi connectivity index (χ2v) is 5.63. The van der Waals surface area contributed by atoms with E-state index in [1.54, 1.807) is 24.3 Å². The molecule has 2 aromatic rings. The fourth-order valence-electron chi connectivity index (χ4n) is 2.20. The van der Waals surface area contributed by atoms with Crippen molar-refractivity contribution in [2.45, 2.75) is 13.3 Å². The molecule has 2 nitrogen and oxygen atoms in total. The highest BCUT2D eigenvalue weighted by Crippen LogP contribution is 2.19. The molecular weight excluding hydrogens is 333 g/mol. The molecule has 0 saturated heterocycles. The third kappa shape index (κ3) is 4.14. The Hall–Kier alpha value is -1.68. The van der Waals surface area contributed by atoms with Crippen molar-refractivity contribution in [1.82, 2.24) is 0 Å². The van der Waals surface area contributed by atoms with Crippen LogP contribution in [-0.2, 0) is 0 Å².